The first kappa shape index (κ1) is 13.7. The standard InChI is InChI=1S/C16H28N2S/c19-16(17-14-6-4-2-1-3-5-7-14)18-15-11-12-8-9-13(15)10-12/h12-15H,1-11H2,(H2,17,18,19)/t12-,13+,15+/m0/s1. The molecule has 0 saturated heterocycles. The summed E-state index contributed by atoms with van der Waals surface area (Å²) in [7, 11) is 0. The van der Waals surface area contributed by atoms with E-state index in [0.717, 1.165) is 16.9 Å². The average Bonchev–Trinajstić information content (AvgIpc) is 2.94. The quantitative estimate of drug-likeness (QED) is 0.753. The fraction of sp³-hybridized carbons (Fsp3) is 0.938. The van der Waals surface area contributed by atoms with Crippen LogP contribution in [-0.4, -0.2) is 17.2 Å². The molecule has 0 aliphatic heterocycles. The molecule has 19 heavy (non-hydrogen) atoms. The van der Waals surface area contributed by atoms with Crippen LogP contribution in [0, 0.1) is 11.8 Å². The van der Waals surface area contributed by atoms with Gasteiger partial charge in [-0.05, 0) is 56.2 Å². The Balaban J connectivity index is 1.42. The lowest BCUT2D eigenvalue weighted by Gasteiger charge is -2.28. The summed E-state index contributed by atoms with van der Waals surface area (Å²) in [4.78, 5) is 0. The molecule has 0 aromatic carbocycles. The molecule has 0 amide bonds. The highest BCUT2D eigenvalue weighted by Gasteiger charge is 2.39. The van der Waals surface area contributed by atoms with Gasteiger partial charge in [0.25, 0.3) is 0 Å². The van der Waals surface area contributed by atoms with Gasteiger partial charge in [0.15, 0.2) is 5.11 Å². The van der Waals surface area contributed by atoms with Crippen molar-refractivity contribution < 1.29 is 0 Å². The molecule has 0 spiro atoms. The molecular formula is C16H28N2S. The van der Waals surface area contributed by atoms with Gasteiger partial charge in [-0.3, -0.25) is 0 Å². The SMILES string of the molecule is S=C(NC1CCCCCCC1)N[C@@H]1C[C@H]2CC[C@@H]1C2. The maximum atomic E-state index is 5.54. The van der Waals surface area contributed by atoms with E-state index in [1.165, 1.54) is 70.6 Å². The van der Waals surface area contributed by atoms with Crippen molar-refractivity contribution in [1.82, 2.24) is 10.6 Å². The zero-order chi connectivity index (χ0) is 13.1. The van der Waals surface area contributed by atoms with Crippen LogP contribution in [0.1, 0.15) is 70.6 Å². The third kappa shape index (κ3) is 3.62. The molecule has 3 fully saturated rings. The van der Waals surface area contributed by atoms with Crippen LogP contribution in [0.25, 0.3) is 0 Å². The van der Waals surface area contributed by atoms with Crippen LogP contribution in [0.5, 0.6) is 0 Å². The Hall–Kier alpha value is -0.310. The van der Waals surface area contributed by atoms with Crippen LogP contribution >= 0.6 is 12.2 Å². The minimum atomic E-state index is 0.624. The van der Waals surface area contributed by atoms with Crippen molar-refractivity contribution in [1.29, 1.82) is 0 Å². The lowest BCUT2D eigenvalue weighted by Crippen LogP contribution is -2.47. The summed E-state index contributed by atoms with van der Waals surface area (Å²) in [6.45, 7) is 0. The summed E-state index contributed by atoms with van der Waals surface area (Å²) in [6.07, 6.45) is 15.3. The van der Waals surface area contributed by atoms with Crippen LogP contribution in [0.4, 0.5) is 0 Å². The molecule has 0 aromatic heterocycles. The van der Waals surface area contributed by atoms with Crippen LogP contribution < -0.4 is 10.6 Å². The summed E-state index contributed by atoms with van der Waals surface area (Å²) in [5.74, 6) is 1.90. The summed E-state index contributed by atoms with van der Waals surface area (Å²) in [5, 5.41) is 8.14. The van der Waals surface area contributed by atoms with Crippen molar-refractivity contribution in [2.45, 2.75) is 82.7 Å². The molecule has 3 heteroatoms. The Morgan fingerprint density at radius 3 is 2.16 bits per heavy atom. The molecule has 0 aromatic rings. The van der Waals surface area contributed by atoms with Gasteiger partial charge in [0.05, 0.1) is 0 Å². The Morgan fingerprint density at radius 2 is 1.53 bits per heavy atom. The van der Waals surface area contributed by atoms with Crippen LogP contribution in [0.2, 0.25) is 0 Å². The Labute approximate surface area is 123 Å². The lowest BCUT2D eigenvalue weighted by molar-refractivity contribution is 0.382. The van der Waals surface area contributed by atoms with E-state index < -0.39 is 0 Å². The van der Waals surface area contributed by atoms with E-state index >= 15 is 0 Å². The Morgan fingerprint density at radius 1 is 0.789 bits per heavy atom. The second-order valence-corrected chi connectivity index (χ2v) is 7.35. The van der Waals surface area contributed by atoms with Crippen molar-refractivity contribution in [3.63, 3.8) is 0 Å². The normalized spacial score (nSPS) is 35.7. The summed E-state index contributed by atoms with van der Waals surface area (Å²) < 4.78 is 0. The van der Waals surface area contributed by atoms with Gasteiger partial charge in [0, 0.05) is 12.1 Å². The van der Waals surface area contributed by atoms with Gasteiger partial charge in [0.2, 0.25) is 0 Å². The first-order chi connectivity index (χ1) is 9.31. The van der Waals surface area contributed by atoms with E-state index in [-0.39, 0.29) is 0 Å². The summed E-state index contributed by atoms with van der Waals surface area (Å²) in [5.41, 5.74) is 0. The molecule has 0 unspecified atom stereocenters. The van der Waals surface area contributed by atoms with Crippen molar-refractivity contribution in [2.24, 2.45) is 11.8 Å². The lowest BCUT2D eigenvalue weighted by atomic mass is 9.95. The third-order valence-electron chi connectivity index (χ3n) is 5.49. The zero-order valence-corrected chi connectivity index (χ0v) is 12.8. The minimum Gasteiger partial charge on any atom is -0.360 e. The fourth-order valence-corrected chi connectivity index (χ4v) is 4.74. The molecule has 3 aliphatic carbocycles. The van der Waals surface area contributed by atoms with Crippen molar-refractivity contribution in [2.75, 3.05) is 0 Å². The van der Waals surface area contributed by atoms with E-state index in [0.29, 0.717) is 12.1 Å². The molecule has 2 nitrogen and oxygen atoms in total. The molecule has 108 valence electrons. The predicted octanol–water partition coefficient (Wildman–Crippen LogP) is 3.75. The topological polar surface area (TPSA) is 24.1 Å². The highest BCUT2D eigenvalue weighted by molar-refractivity contribution is 7.80. The van der Waals surface area contributed by atoms with Gasteiger partial charge in [-0.15, -0.1) is 0 Å². The van der Waals surface area contributed by atoms with Crippen LogP contribution in [-0.2, 0) is 0 Å². The highest BCUT2D eigenvalue weighted by Crippen LogP contribution is 2.44. The second-order valence-electron chi connectivity index (χ2n) is 6.94. The third-order valence-corrected chi connectivity index (χ3v) is 5.73. The van der Waals surface area contributed by atoms with E-state index in [4.69, 9.17) is 12.2 Å². The van der Waals surface area contributed by atoms with Gasteiger partial charge >= 0.3 is 0 Å². The van der Waals surface area contributed by atoms with Crippen LogP contribution in [0.3, 0.4) is 0 Å². The first-order valence-electron chi connectivity index (χ1n) is 8.38. The Kier molecular flexibility index (Phi) is 4.62. The molecule has 3 saturated carbocycles. The van der Waals surface area contributed by atoms with Gasteiger partial charge in [0.1, 0.15) is 0 Å². The summed E-state index contributed by atoms with van der Waals surface area (Å²) >= 11 is 5.54. The second kappa shape index (κ2) is 6.43. The van der Waals surface area contributed by atoms with Gasteiger partial charge in [-0.1, -0.05) is 38.5 Å². The highest BCUT2D eigenvalue weighted by atomic mass is 32.1. The van der Waals surface area contributed by atoms with E-state index in [1.54, 1.807) is 0 Å². The van der Waals surface area contributed by atoms with Crippen molar-refractivity contribution >= 4 is 17.3 Å². The molecule has 3 atom stereocenters. The van der Waals surface area contributed by atoms with E-state index in [9.17, 15) is 0 Å². The smallest absolute Gasteiger partial charge is 0.166 e. The fourth-order valence-electron chi connectivity index (χ4n) is 4.42. The van der Waals surface area contributed by atoms with Crippen LogP contribution in [0.15, 0.2) is 0 Å². The molecule has 3 aliphatic rings. The first-order valence-corrected chi connectivity index (χ1v) is 8.79. The number of fused-ring (bicyclic) bond motifs is 2. The van der Waals surface area contributed by atoms with E-state index in [1.807, 2.05) is 0 Å². The molecule has 3 rings (SSSR count). The zero-order valence-electron chi connectivity index (χ0n) is 12.0. The molecule has 2 N–H and O–H groups in total. The van der Waals surface area contributed by atoms with Gasteiger partial charge in [-0.2, -0.15) is 0 Å². The maximum absolute atomic E-state index is 5.54. The minimum absolute atomic E-state index is 0.624. The van der Waals surface area contributed by atoms with E-state index in [2.05, 4.69) is 10.6 Å². The average molecular weight is 280 g/mol. The molecule has 0 radical (unpaired) electrons. The van der Waals surface area contributed by atoms with Gasteiger partial charge in [-0.25, -0.2) is 0 Å². The maximum Gasteiger partial charge on any atom is 0.166 e. The molecule has 0 heterocycles. The number of nitrogens with one attached hydrogen (secondary N) is 2. The Bertz CT molecular complexity index is 310. The summed E-state index contributed by atoms with van der Waals surface area (Å²) in [6, 6.07) is 1.30. The number of hydrogen-bond acceptors (Lipinski definition) is 1. The number of thiocarbonyl (C=S) groups is 1. The molecular weight excluding hydrogens is 252 g/mol. The van der Waals surface area contributed by atoms with Crippen molar-refractivity contribution in [3.8, 4) is 0 Å². The largest absolute Gasteiger partial charge is 0.360 e. The predicted molar refractivity (Wildman–Crippen MR) is 84.2 cm³/mol. The van der Waals surface area contributed by atoms with Crippen molar-refractivity contribution in [3.05, 3.63) is 0 Å². The van der Waals surface area contributed by atoms with Gasteiger partial charge < -0.3 is 10.6 Å². The monoisotopic (exact) mass is 280 g/mol. The molecule has 2 bridgehead atoms. The number of hydrogen-bond donors (Lipinski definition) is 2. The number of rotatable bonds is 2.